The maximum Gasteiger partial charge on any atom is 0.330 e. The molecule has 0 aliphatic carbocycles. The van der Waals surface area contributed by atoms with Crippen LogP contribution in [0.25, 0.3) is 0 Å². The first-order chi connectivity index (χ1) is 8.02. The van der Waals surface area contributed by atoms with Crippen LogP contribution in [0.4, 0.5) is 0 Å². The van der Waals surface area contributed by atoms with Gasteiger partial charge in [0.15, 0.2) is 0 Å². The van der Waals surface area contributed by atoms with Crippen molar-refractivity contribution >= 4 is 0 Å². The fourth-order valence-electron chi connectivity index (χ4n) is 1.85. The molecule has 0 saturated carbocycles. The lowest BCUT2D eigenvalue weighted by Crippen LogP contribution is -2.33. The van der Waals surface area contributed by atoms with E-state index in [2.05, 4.69) is 4.98 Å². The molecule has 0 radical (unpaired) electrons. The Bertz CT molecular complexity index is 520. The van der Waals surface area contributed by atoms with Crippen molar-refractivity contribution in [2.75, 3.05) is 6.61 Å². The minimum Gasteiger partial charge on any atom is -0.394 e. The first-order valence-electron chi connectivity index (χ1n) is 5.29. The van der Waals surface area contributed by atoms with Gasteiger partial charge in [0.1, 0.15) is 12.3 Å². The van der Waals surface area contributed by atoms with Gasteiger partial charge in [-0.1, -0.05) is 0 Å². The van der Waals surface area contributed by atoms with Crippen LogP contribution in [0.2, 0.25) is 0 Å². The molecule has 0 unspecified atom stereocenters. The third kappa shape index (κ3) is 2.17. The van der Waals surface area contributed by atoms with E-state index in [0.717, 1.165) is 0 Å². The van der Waals surface area contributed by atoms with Crippen molar-refractivity contribution in [3.8, 4) is 0 Å². The topological polar surface area (TPSA) is 105 Å². The van der Waals surface area contributed by atoms with Crippen LogP contribution in [0.1, 0.15) is 18.2 Å². The van der Waals surface area contributed by atoms with Crippen LogP contribution < -0.4 is 11.2 Å². The van der Waals surface area contributed by atoms with E-state index in [4.69, 9.17) is 9.84 Å². The Morgan fingerprint density at radius 2 is 2.29 bits per heavy atom. The van der Waals surface area contributed by atoms with E-state index in [0.29, 0.717) is 5.56 Å². The standard InChI is InChI=1S/C10H14N2O5/c1-5-3-12(10(16)11-9(5)15)8-2-6(14)7(4-13)17-8/h3,6-8,13-14H,2,4H2,1H3,(H,11,15,16)/t6-,7+,8+/m1/s1/i1-1. The molecule has 0 amide bonds. The summed E-state index contributed by atoms with van der Waals surface area (Å²) in [5.41, 5.74) is -0.643. The monoisotopic (exact) mass is 241 g/mol. The van der Waals surface area contributed by atoms with E-state index in [1.54, 1.807) is 6.92 Å². The normalized spacial score (nSPS) is 28.5. The van der Waals surface area contributed by atoms with E-state index in [9.17, 15) is 14.7 Å². The number of hydrogen-bond donors (Lipinski definition) is 3. The van der Waals surface area contributed by atoms with E-state index < -0.39 is 29.7 Å². The Balaban J connectivity index is 2.34. The minimum atomic E-state index is -0.816. The number of hydrogen-bond acceptors (Lipinski definition) is 5. The molecule has 1 aromatic rings. The summed E-state index contributed by atoms with van der Waals surface area (Å²) in [6.45, 7) is 1.26. The van der Waals surface area contributed by atoms with Crippen LogP contribution in [0, 0.1) is 6.92 Å². The Morgan fingerprint density at radius 1 is 1.59 bits per heavy atom. The first-order valence-corrected chi connectivity index (χ1v) is 5.29. The molecule has 3 N–H and O–H groups in total. The lowest BCUT2D eigenvalue weighted by molar-refractivity contribution is -0.0459. The van der Waals surface area contributed by atoms with Crippen molar-refractivity contribution in [1.82, 2.24) is 9.55 Å². The third-order valence-corrected chi connectivity index (χ3v) is 2.84. The van der Waals surface area contributed by atoms with Gasteiger partial charge in [0, 0.05) is 18.2 Å². The Labute approximate surface area is 96.3 Å². The maximum atomic E-state index is 11.6. The Hall–Kier alpha value is -1.44. The predicted octanol–water partition coefficient (Wildman–Crippen LogP) is -1.51. The molecule has 0 bridgehead atoms. The van der Waals surface area contributed by atoms with E-state index >= 15 is 0 Å². The van der Waals surface area contributed by atoms with Gasteiger partial charge < -0.3 is 14.9 Å². The van der Waals surface area contributed by atoms with Gasteiger partial charge in [-0.3, -0.25) is 14.3 Å². The number of H-pyrrole nitrogens is 1. The number of aliphatic hydroxyl groups is 2. The number of aromatic nitrogens is 2. The van der Waals surface area contributed by atoms with Gasteiger partial charge in [0.25, 0.3) is 5.56 Å². The van der Waals surface area contributed by atoms with Crippen molar-refractivity contribution in [2.45, 2.75) is 31.8 Å². The summed E-state index contributed by atoms with van der Waals surface area (Å²) < 4.78 is 6.54. The van der Waals surface area contributed by atoms with E-state index in [1.165, 1.54) is 10.8 Å². The van der Waals surface area contributed by atoms with Crippen molar-refractivity contribution in [2.24, 2.45) is 0 Å². The molecule has 94 valence electrons. The highest BCUT2D eigenvalue weighted by Gasteiger charge is 2.34. The molecule has 1 aliphatic rings. The maximum absolute atomic E-state index is 11.6. The number of nitrogens with zero attached hydrogens (tertiary/aromatic N) is 1. The SMILES string of the molecule is [11CH3]c1cn([C@@H]2C[C@@H](O)[C@H](CO)O2)c(=O)[nH]c1=O. The molecular weight excluding hydrogens is 227 g/mol. The van der Waals surface area contributed by atoms with Crippen LogP contribution in [0.15, 0.2) is 15.8 Å². The number of ether oxygens (including phenoxy) is 1. The molecule has 1 fully saturated rings. The molecule has 3 atom stereocenters. The summed E-state index contributed by atoms with van der Waals surface area (Å²) in [6.07, 6.45) is -0.581. The second kappa shape index (κ2) is 4.44. The molecule has 0 spiro atoms. The van der Waals surface area contributed by atoms with Crippen molar-refractivity contribution in [3.05, 3.63) is 32.6 Å². The smallest absolute Gasteiger partial charge is 0.330 e. The zero-order valence-electron chi connectivity index (χ0n) is 9.29. The van der Waals surface area contributed by atoms with Gasteiger partial charge in [-0.25, -0.2) is 4.79 Å². The fourth-order valence-corrected chi connectivity index (χ4v) is 1.85. The highest BCUT2D eigenvalue weighted by atomic mass is 16.5. The molecule has 1 aromatic heterocycles. The van der Waals surface area contributed by atoms with Crippen LogP contribution in [-0.2, 0) is 4.74 Å². The number of aliphatic hydroxyl groups excluding tert-OH is 2. The molecule has 1 aliphatic heterocycles. The zero-order valence-corrected chi connectivity index (χ0v) is 9.29. The summed E-state index contributed by atoms with van der Waals surface area (Å²) >= 11 is 0. The molecule has 0 aromatic carbocycles. The largest absolute Gasteiger partial charge is 0.394 e. The van der Waals surface area contributed by atoms with Crippen molar-refractivity contribution in [3.63, 3.8) is 0 Å². The summed E-state index contributed by atoms with van der Waals surface area (Å²) in [7, 11) is 0. The number of nitrogens with one attached hydrogen (secondary N) is 1. The van der Waals surface area contributed by atoms with Gasteiger partial charge in [-0.2, -0.15) is 0 Å². The van der Waals surface area contributed by atoms with Crippen molar-refractivity contribution in [1.29, 1.82) is 0 Å². The van der Waals surface area contributed by atoms with Gasteiger partial charge >= 0.3 is 5.69 Å². The minimum absolute atomic E-state index is 0.205. The van der Waals surface area contributed by atoms with E-state index in [-0.39, 0.29) is 13.0 Å². The molecule has 17 heavy (non-hydrogen) atoms. The lowest BCUT2D eigenvalue weighted by atomic mass is 10.1. The Morgan fingerprint density at radius 3 is 2.88 bits per heavy atom. The second-order valence-corrected chi connectivity index (χ2v) is 4.09. The average molecular weight is 241 g/mol. The molecule has 2 rings (SSSR count). The van der Waals surface area contributed by atoms with Crippen molar-refractivity contribution < 1.29 is 14.9 Å². The summed E-state index contributed by atoms with van der Waals surface area (Å²) in [6, 6.07) is 0. The second-order valence-electron chi connectivity index (χ2n) is 4.09. The number of aromatic amines is 1. The summed E-state index contributed by atoms with van der Waals surface area (Å²) in [5.74, 6) is 0. The third-order valence-electron chi connectivity index (χ3n) is 2.84. The highest BCUT2D eigenvalue weighted by molar-refractivity contribution is 5.02. The predicted molar refractivity (Wildman–Crippen MR) is 57.7 cm³/mol. The van der Waals surface area contributed by atoms with E-state index in [1.807, 2.05) is 0 Å². The van der Waals surface area contributed by atoms with Crippen LogP contribution >= 0.6 is 0 Å². The quantitative estimate of drug-likeness (QED) is 0.583. The van der Waals surface area contributed by atoms with Gasteiger partial charge in [-0.05, 0) is 6.92 Å². The average Bonchev–Trinajstić information content (AvgIpc) is 2.65. The Kier molecular flexibility index (Phi) is 3.14. The highest BCUT2D eigenvalue weighted by Crippen LogP contribution is 2.27. The molecule has 1 saturated heterocycles. The first kappa shape index (κ1) is 12.0. The summed E-state index contributed by atoms with van der Waals surface area (Å²) in [4.78, 5) is 24.9. The molecule has 7 heteroatoms. The zero-order chi connectivity index (χ0) is 12.6. The lowest BCUT2D eigenvalue weighted by Gasteiger charge is -2.14. The van der Waals surface area contributed by atoms with Crippen LogP contribution in [0.3, 0.4) is 0 Å². The molecule has 7 nitrogen and oxygen atoms in total. The molecule has 2 heterocycles. The summed E-state index contributed by atoms with van der Waals surface area (Å²) in [5, 5.41) is 18.5. The number of aryl methyl sites for hydroxylation is 1. The molecular formula is C10H14N2O5. The number of rotatable bonds is 2. The van der Waals surface area contributed by atoms with Crippen LogP contribution in [0.5, 0.6) is 0 Å². The fraction of sp³-hybridized carbons (Fsp3) is 0.600. The van der Waals surface area contributed by atoms with Gasteiger partial charge in [-0.15, -0.1) is 0 Å². The van der Waals surface area contributed by atoms with Gasteiger partial charge in [0.05, 0.1) is 12.7 Å². The van der Waals surface area contributed by atoms with Gasteiger partial charge in [0.2, 0.25) is 0 Å². The van der Waals surface area contributed by atoms with Crippen LogP contribution in [-0.4, -0.2) is 38.6 Å².